The fourth-order valence-electron chi connectivity index (χ4n) is 5.56. The number of hydrogen-bond acceptors (Lipinski definition) is 9. The Hall–Kier alpha value is -4.04. The second-order valence-electron chi connectivity index (χ2n) is 10.00. The molecule has 0 radical (unpaired) electrons. The molecule has 2 aliphatic rings. The molecule has 0 unspecified atom stereocenters. The van der Waals surface area contributed by atoms with Crippen LogP contribution in [0.4, 0.5) is 10.8 Å². The van der Waals surface area contributed by atoms with Gasteiger partial charge in [-0.25, -0.2) is 4.52 Å². The van der Waals surface area contributed by atoms with Crippen LogP contribution in [0.2, 0.25) is 0 Å². The van der Waals surface area contributed by atoms with Gasteiger partial charge in [-0.2, -0.15) is 10.4 Å². The summed E-state index contributed by atoms with van der Waals surface area (Å²) < 4.78 is 1.79. The Morgan fingerprint density at radius 3 is 2.86 bits per heavy atom. The zero-order valence-electron chi connectivity index (χ0n) is 20.8. The molecule has 188 valence electrons. The first-order valence-electron chi connectivity index (χ1n) is 12.4. The summed E-state index contributed by atoms with van der Waals surface area (Å²) in [5.74, 6) is 0.476. The molecule has 2 fully saturated rings. The highest BCUT2D eigenvalue weighted by Crippen LogP contribution is 2.43. The first-order chi connectivity index (χ1) is 17.9. The number of aromatic nitrogens is 5. The largest absolute Gasteiger partial charge is 0.382 e. The van der Waals surface area contributed by atoms with Crippen LogP contribution in [0.15, 0.2) is 36.7 Å². The van der Waals surface area contributed by atoms with E-state index in [4.69, 9.17) is 4.98 Å². The number of nitrogens with one attached hydrogen (secondary N) is 2. The van der Waals surface area contributed by atoms with Crippen molar-refractivity contribution in [2.24, 2.45) is 5.92 Å². The Kier molecular flexibility index (Phi) is 5.76. The Morgan fingerprint density at radius 2 is 2.08 bits per heavy atom. The lowest BCUT2D eigenvalue weighted by Gasteiger charge is -2.26. The van der Waals surface area contributed by atoms with Gasteiger partial charge in [-0.3, -0.25) is 9.78 Å². The molecular weight excluding hydrogens is 486 g/mol. The number of piperidine rings is 1. The smallest absolute Gasteiger partial charge is 0.217 e. The Labute approximate surface area is 218 Å². The second-order valence-corrected chi connectivity index (χ2v) is 11.0. The van der Waals surface area contributed by atoms with Crippen molar-refractivity contribution < 1.29 is 4.79 Å². The first-order valence-corrected chi connectivity index (χ1v) is 13.3. The fourth-order valence-corrected chi connectivity index (χ4v) is 6.50. The van der Waals surface area contributed by atoms with E-state index in [0.717, 1.165) is 57.7 Å². The number of pyridine rings is 1. The number of anilines is 2. The number of fused-ring (bicyclic) bond motifs is 3. The number of nitriles is 1. The lowest BCUT2D eigenvalue weighted by Crippen LogP contribution is -2.42. The van der Waals surface area contributed by atoms with Crippen LogP contribution in [0.25, 0.3) is 27.5 Å². The van der Waals surface area contributed by atoms with Crippen LogP contribution in [0.5, 0.6) is 0 Å². The molecule has 1 amide bonds. The molecular formula is C26H27N9OS. The molecule has 1 aliphatic heterocycles. The quantitative estimate of drug-likeness (QED) is 0.400. The highest BCUT2D eigenvalue weighted by Gasteiger charge is 2.48. The average Bonchev–Trinajstić information content (AvgIpc) is 3.66. The van der Waals surface area contributed by atoms with Crippen LogP contribution in [-0.2, 0) is 4.79 Å². The summed E-state index contributed by atoms with van der Waals surface area (Å²) in [6, 6.07) is 10.5. The lowest BCUT2D eigenvalue weighted by molar-refractivity contribution is -0.119. The third-order valence-electron chi connectivity index (χ3n) is 7.09. The van der Waals surface area contributed by atoms with Gasteiger partial charge in [0.05, 0.1) is 46.3 Å². The molecule has 0 spiro atoms. The molecule has 4 aromatic heterocycles. The van der Waals surface area contributed by atoms with E-state index in [-0.39, 0.29) is 24.0 Å². The molecule has 4 aromatic rings. The number of amides is 1. The van der Waals surface area contributed by atoms with Crippen LogP contribution in [-0.4, -0.2) is 55.4 Å². The van der Waals surface area contributed by atoms with Gasteiger partial charge in [-0.15, -0.1) is 10.2 Å². The minimum Gasteiger partial charge on any atom is -0.382 e. The summed E-state index contributed by atoms with van der Waals surface area (Å²) in [7, 11) is 0. The molecule has 1 saturated heterocycles. The molecule has 1 aliphatic carbocycles. The van der Waals surface area contributed by atoms with Crippen LogP contribution in [0, 0.1) is 17.2 Å². The normalized spacial score (nSPS) is 20.5. The molecule has 0 aromatic carbocycles. The van der Waals surface area contributed by atoms with E-state index < -0.39 is 0 Å². The molecule has 3 atom stereocenters. The summed E-state index contributed by atoms with van der Waals surface area (Å²) >= 11 is 1.56. The van der Waals surface area contributed by atoms with Crippen molar-refractivity contribution in [1.29, 1.82) is 5.26 Å². The van der Waals surface area contributed by atoms with Crippen LogP contribution in [0.1, 0.15) is 39.2 Å². The highest BCUT2D eigenvalue weighted by atomic mass is 32.1. The third kappa shape index (κ3) is 4.17. The van der Waals surface area contributed by atoms with Crippen LogP contribution < -0.4 is 15.5 Å². The maximum atomic E-state index is 11.7. The predicted octanol–water partition coefficient (Wildman–Crippen LogP) is 3.71. The molecule has 2 N–H and O–H groups in total. The molecule has 10 nitrogen and oxygen atoms in total. The van der Waals surface area contributed by atoms with Crippen molar-refractivity contribution in [3.05, 3.63) is 42.2 Å². The van der Waals surface area contributed by atoms with Crippen molar-refractivity contribution in [1.82, 2.24) is 30.1 Å². The molecule has 1 saturated carbocycles. The van der Waals surface area contributed by atoms with Crippen molar-refractivity contribution in [3.8, 4) is 28.0 Å². The van der Waals surface area contributed by atoms with Crippen molar-refractivity contribution in [2.45, 2.75) is 51.7 Å². The number of hydrogen-bond donors (Lipinski definition) is 2. The Bertz CT molecular complexity index is 1530. The molecule has 2 bridgehead atoms. The van der Waals surface area contributed by atoms with Gasteiger partial charge in [0.15, 0.2) is 5.01 Å². The summed E-state index contributed by atoms with van der Waals surface area (Å²) in [5, 5.41) is 31.1. The van der Waals surface area contributed by atoms with Gasteiger partial charge in [0.1, 0.15) is 6.07 Å². The van der Waals surface area contributed by atoms with E-state index in [1.165, 1.54) is 0 Å². The number of carbonyl (C=O) groups excluding carboxylic acids is 1. The highest BCUT2D eigenvalue weighted by molar-refractivity contribution is 7.18. The van der Waals surface area contributed by atoms with Gasteiger partial charge in [0, 0.05) is 31.4 Å². The van der Waals surface area contributed by atoms with Crippen molar-refractivity contribution in [3.63, 3.8) is 0 Å². The average molecular weight is 514 g/mol. The topological polar surface area (TPSA) is 124 Å². The number of rotatable bonds is 6. The van der Waals surface area contributed by atoms with E-state index in [1.807, 2.05) is 30.5 Å². The number of carbonyl (C=O) groups is 1. The zero-order valence-corrected chi connectivity index (χ0v) is 21.7. The summed E-state index contributed by atoms with van der Waals surface area (Å²) in [4.78, 5) is 18.8. The molecule has 6 rings (SSSR count). The monoisotopic (exact) mass is 513 g/mol. The molecule has 37 heavy (non-hydrogen) atoms. The predicted molar refractivity (Wildman–Crippen MR) is 142 cm³/mol. The second kappa shape index (κ2) is 9.12. The van der Waals surface area contributed by atoms with Crippen molar-refractivity contribution >= 4 is 33.6 Å². The summed E-state index contributed by atoms with van der Waals surface area (Å²) in [6.45, 7) is 6.66. The van der Waals surface area contributed by atoms with E-state index in [2.05, 4.69) is 50.7 Å². The Morgan fingerprint density at radius 1 is 1.22 bits per heavy atom. The summed E-state index contributed by atoms with van der Waals surface area (Å²) in [6.07, 6.45) is 5.58. The number of nitrogens with zero attached hydrogens (tertiary/aromatic N) is 7. The SMILES string of the molecule is CC(=O)N[C@@H]1[C@@H]2CC[C@H]1N(c1nnc(-c3cnc(-c4ccc5cc(C#N)cnn45)cc3NC(C)C)s1)C2. The van der Waals surface area contributed by atoms with Crippen molar-refractivity contribution in [2.75, 3.05) is 16.8 Å². The van der Waals surface area contributed by atoms with Gasteiger partial charge in [-0.1, -0.05) is 11.3 Å². The lowest BCUT2D eigenvalue weighted by atomic mass is 10.1. The summed E-state index contributed by atoms with van der Waals surface area (Å²) in [5.41, 5.74) is 4.78. The maximum absolute atomic E-state index is 11.7. The van der Waals surface area contributed by atoms with Crippen LogP contribution in [0.3, 0.4) is 0 Å². The first kappa shape index (κ1) is 23.4. The van der Waals surface area contributed by atoms with E-state index in [0.29, 0.717) is 11.5 Å². The van der Waals surface area contributed by atoms with Gasteiger partial charge < -0.3 is 15.5 Å². The molecule has 11 heteroatoms. The minimum atomic E-state index is 0.0220. The maximum Gasteiger partial charge on any atom is 0.217 e. The fraction of sp³-hybridized carbons (Fsp3) is 0.385. The van der Waals surface area contributed by atoms with Gasteiger partial charge in [0.25, 0.3) is 0 Å². The minimum absolute atomic E-state index is 0.0220. The van der Waals surface area contributed by atoms with Gasteiger partial charge in [-0.05, 0) is 56.9 Å². The third-order valence-corrected chi connectivity index (χ3v) is 8.08. The standard InChI is InChI=1S/C26H27N9OS/c1-14(2)30-20-9-21(22-7-5-18-8-16(10-27)11-29-35(18)22)28-12-19(20)25-32-33-26(37-25)34-13-17-4-6-23(34)24(17)31-15(3)36/h5,7-9,11-12,14,17,23-24H,4,6,13H2,1-3H3,(H,28,30)(H,31,36)/t17-,23-,24-/m1/s1. The van der Waals surface area contributed by atoms with Gasteiger partial charge >= 0.3 is 0 Å². The van der Waals surface area contributed by atoms with E-state index >= 15 is 0 Å². The zero-order chi connectivity index (χ0) is 25.7. The van der Waals surface area contributed by atoms with E-state index in [1.54, 1.807) is 29.0 Å². The molecule has 5 heterocycles. The Balaban J connectivity index is 1.33. The van der Waals surface area contributed by atoms with Gasteiger partial charge in [0.2, 0.25) is 11.0 Å². The van der Waals surface area contributed by atoms with E-state index in [9.17, 15) is 10.1 Å². The van der Waals surface area contributed by atoms with Crippen LogP contribution >= 0.6 is 11.3 Å².